The van der Waals surface area contributed by atoms with Crippen LogP contribution >= 0.6 is 19.0 Å². The number of carbonyl (C=O) groups excluding carboxylic acids is 1. The van der Waals surface area contributed by atoms with E-state index < -0.39 is 29.1 Å². The zero-order valence-corrected chi connectivity index (χ0v) is 23.5. The van der Waals surface area contributed by atoms with Gasteiger partial charge in [-0.1, -0.05) is 41.9 Å². The Hall–Kier alpha value is -3.67. The Kier molecular flexibility index (Phi) is 8.43. The van der Waals surface area contributed by atoms with Crippen LogP contribution in [0.15, 0.2) is 83.8 Å². The number of hydrogen-bond donors (Lipinski definition) is 0. The molecule has 1 atom stereocenters. The lowest BCUT2D eigenvalue weighted by atomic mass is 10.2. The summed E-state index contributed by atoms with van der Waals surface area (Å²) < 4.78 is 55.1. The van der Waals surface area contributed by atoms with E-state index in [2.05, 4.69) is 0 Å². The van der Waals surface area contributed by atoms with Crippen molar-refractivity contribution in [1.82, 2.24) is 3.97 Å². The molecular formula is C28H24ClN2O6PS. The first-order valence-electron chi connectivity index (χ1n) is 11.9. The van der Waals surface area contributed by atoms with E-state index in [9.17, 15) is 13.2 Å². The fourth-order valence-electron chi connectivity index (χ4n) is 4.24. The lowest BCUT2D eigenvalue weighted by Gasteiger charge is -2.20. The quantitative estimate of drug-likeness (QED) is 0.145. The molecule has 0 aliphatic heterocycles. The predicted octanol–water partition coefficient (Wildman–Crippen LogP) is 5.51. The summed E-state index contributed by atoms with van der Waals surface area (Å²) in [5.74, 6) is -0.986. The van der Waals surface area contributed by atoms with Crippen molar-refractivity contribution in [2.24, 2.45) is 0 Å². The monoisotopic (exact) mass is 582 g/mol. The van der Waals surface area contributed by atoms with Crippen LogP contribution < -0.4 is 10.6 Å². The van der Waals surface area contributed by atoms with E-state index in [0.29, 0.717) is 5.56 Å². The van der Waals surface area contributed by atoms with Gasteiger partial charge in [0.05, 0.1) is 35.0 Å². The number of nitriles is 1. The lowest BCUT2D eigenvalue weighted by molar-refractivity contribution is 0.0520. The number of halogens is 1. The number of nitrogens with zero attached hydrogens (tertiary/aromatic N) is 2. The van der Waals surface area contributed by atoms with Crippen LogP contribution in [0.2, 0.25) is 5.02 Å². The fourth-order valence-corrected chi connectivity index (χ4v) is 8.48. The maximum atomic E-state index is 15.0. The summed E-state index contributed by atoms with van der Waals surface area (Å²) in [7, 11) is -8.55. The van der Waals surface area contributed by atoms with Crippen molar-refractivity contribution < 1.29 is 27.0 Å². The molecule has 0 aliphatic carbocycles. The molecule has 4 aromatic rings. The van der Waals surface area contributed by atoms with Crippen LogP contribution in [0.3, 0.4) is 0 Å². The van der Waals surface area contributed by atoms with Crippen molar-refractivity contribution in [3.8, 4) is 6.07 Å². The van der Waals surface area contributed by atoms with Gasteiger partial charge in [-0.15, -0.1) is 0 Å². The van der Waals surface area contributed by atoms with Crippen molar-refractivity contribution in [2.45, 2.75) is 18.7 Å². The Morgan fingerprint density at radius 3 is 2.46 bits per heavy atom. The summed E-state index contributed by atoms with van der Waals surface area (Å²) in [6.45, 7) is 3.15. The summed E-state index contributed by atoms with van der Waals surface area (Å²) in [5.41, 5.74) is 0.208. The molecule has 0 amide bonds. The van der Waals surface area contributed by atoms with E-state index in [1.54, 1.807) is 56.3 Å². The fraction of sp³-hybridized carbons (Fsp3) is 0.143. The highest BCUT2D eigenvalue weighted by molar-refractivity contribution is 7.90. The first-order valence-corrected chi connectivity index (χ1v) is 15.4. The zero-order valence-electron chi connectivity index (χ0n) is 21.1. The second kappa shape index (κ2) is 11.6. The molecule has 39 heavy (non-hydrogen) atoms. The molecule has 0 saturated carbocycles. The highest BCUT2D eigenvalue weighted by Crippen LogP contribution is 2.49. The van der Waals surface area contributed by atoms with Gasteiger partial charge in [0.15, 0.2) is 5.69 Å². The van der Waals surface area contributed by atoms with Gasteiger partial charge in [0.25, 0.3) is 17.4 Å². The Bertz CT molecular complexity index is 1780. The topological polar surface area (TPSA) is 115 Å². The first kappa shape index (κ1) is 28.3. The average molecular weight is 583 g/mol. The average Bonchev–Trinajstić information content (AvgIpc) is 3.28. The number of esters is 1. The summed E-state index contributed by atoms with van der Waals surface area (Å²) in [6, 6.07) is 20.4. The lowest BCUT2D eigenvalue weighted by Crippen LogP contribution is -2.28. The van der Waals surface area contributed by atoms with E-state index in [4.69, 9.17) is 26.1 Å². The van der Waals surface area contributed by atoms with Crippen molar-refractivity contribution in [3.05, 3.63) is 95.2 Å². The van der Waals surface area contributed by atoms with E-state index in [-0.39, 0.29) is 44.6 Å². The molecule has 0 radical (unpaired) electrons. The Balaban J connectivity index is 2.19. The molecule has 1 heterocycles. The number of benzene rings is 3. The maximum absolute atomic E-state index is 15.0. The molecule has 0 fully saturated rings. The molecule has 0 spiro atoms. The summed E-state index contributed by atoms with van der Waals surface area (Å²) in [4.78, 5) is 13.5. The minimum Gasteiger partial charge on any atom is -0.461 e. The molecule has 8 nitrogen and oxygen atoms in total. The molecular weight excluding hydrogens is 559 g/mol. The zero-order chi connectivity index (χ0) is 28.2. The number of aromatic nitrogens is 1. The molecule has 11 heteroatoms. The number of carbonyl (C=O) groups is 1. The molecule has 0 bridgehead atoms. The molecule has 3 aromatic carbocycles. The van der Waals surface area contributed by atoms with Gasteiger partial charge in [-0.25, -0.2) is 17.2 Å². The van der Waals surface area contributed by atoms with Gasteiger partial charge >= 0.3 is 5.97 Å². The van der Waals surface area contributed by atoms with E-state index >= 15 is 4.57 Å². The molecule has 4 rings (SSSR count). The van der Waals surface area contributed by atoms with Crippen molar-refractivity contribution >= 4 is 62.6 Å². The number of fused-ring (bicyclic) bond motifs is 1. The predicted molar refractivity (Wildman–Crippen MR) is 152 cm³/mol. The molecule has 0 N–H and O–H groups in total. The number of hydrogen-bond acceptors (Lipinski definition) is 7. The molecule has 1 aromatic heterocycles. The Morgan fingerprint density at radius 1 is 1.05 bits per heavy atom. The van der Waals surface area contributed by atoms with Crippen LogP contribution in [-0.2, 0) is 23.8 Å². The number of rotatable bonds is 9. The van der Waals surface area contributed by atoms with Crippen LogP contribution in [0.1, 0.15) is 29.9 Å². The highest BCUT2D eigenvalue weighted by Gasteiger charge is 2.41. The minimum atomic E-state index is -4.38. The van der Waals surface area contributed by atoms with Crippen molar-refractivity contribution in [2.75, 3.05) is 13.2 Å². The standard InChI is InChI=1S/C28H24ClN2O6PS/c1-3-36-28(32)26-27(38(33,37-4-2)22-12-8-10-20(18-22)11-9-17-30)24-19-21(29)15-16-25(24)31(26)39(34,35)23-13-6-5-7-14-23/h5-16,18-19H,3-4H2,1-2H3. The van der Waals surface area contributed by atoms with Crippen LogP contribution in [0.4, 0.5) is 0 Å². The van der Waals surface area contributed by atoms with Crippen LogP contribution in [-0.4, -0.2) is 31.6 Å². The third-order valence-electron chi connectivity index (χ3n) is 5.78. The molecule has 1 unspecified atom stereocenters. The number of ether oxygens (including phenoxy) is 1. The maximum Gasteiger partial charge on any atom is 0.356 e. The SMILES string of the molecule is CCOC(=O)c1c(P(=O)(OCC)c2cccc(C=CC#N)c2)c2cc(Cl)ccc2n1S(=O)(=O)c1ccccc1. The second-order valence-electron chi connectivity index (χ2n) is 8.19. The third-order valence-corrected chi connectivity index (χ3v) is 10.4. The van der Waals surface area contributed by atoms with Gasteiger partial charge in [-0.2, -0.15) is 5.26 Å². The Labute approximate surface area is 231 Å². The minimum absolute atomic E-state index is 0.0174. The normalized spacial score (nSPS) is 13.3. The van der Waals surface area contributed by atoms with E-state index in [1.807, 2.05) is 6.07 Å². The molecule has 0 aliphatic rings. The van der Waals surface area contributed by atoms with Gasteiger partial charge in [0.1, 0.15) is 0 Å². The highest BCUT2D eigenvalue weighted by atomic mass is 35.5. The largest absolute Gasteiger partial charge is 0.461 e. The van der Waals surface area contributed by atoms with Gasteiger partial charge in [-0.3, -0.25) is 4.57 Å². The first-order chi connectivity index (χ1) is 18.7. The van der Waals surface area contributed by atoms with E-state index in [0.717, 1.165) is 3.97 Å². The third kappa shape index (κ3) is 5.29. The second-order valence-corrected chi connectivity index (χ2v) is 12.7. The van der Waals surface area contributed by atoms with Crippen molar-refractivity contribution in [1.29, 1.82) is 5.26 Å². The summed E-state index contributed by atoms with van der Waals surface area (Å²) >= 11 is 6.33. The van der Waals surface area contributed by atoms with Crippen molar-refractivity contribution in [3.63, 3.8) is 0 Å². The van der Waals surface area contributed by atoms with Gasteiger partial charge in [0.2, 0.25) is 0 Å². The molecule has 0 saturated heterocycles. The van der Waals surface area contributed by atoms with Crippen LogP contribution in [0.25, 0.3) is 17.0 Å². The summed E-state index contributed by atoms with van der Waals surface area (Å²) in [5, 5.41) is 9.41. The van der Waals surface area contributed by atoms with Gasteiger partial charge in [0, 0.05) is 21.8 Å². The molecule has 200 valence electrons. The van der Waals surface area contributed by atoms with Gasteiger partial charge in [-0.05, 0) is 68.0 Å². The summed E-state index contributed by atoms with van der Waals surface area (Å²) in [6.07, 6.45) is 2.80. The van der Waals surface area contributed by atoms with Crippen LogP contribution in [0, 0.1) is 11.3 Å². The number of allylic oxidation sites excluding steroid dienone is 1. The van der Waals surface area contributed by atoms with Crippen LogP contribution in [0.5, 0.6) is 0 Å². The smallest absolute Gasteiger partial charge is 0.356 e. The van der Waals surface area contributed by atoms with Gasteiger partial charge < -0.3 is 9.26 Å². The van der Waals surface area contributed by atoms with E-state index in [1.165, 1.54) is 42.5 Å². The Morgan fingerprint density at radius 2 is 1.79 bits per heavy atom.